The average molecular weight is 615 g/mol. The molecule has 0 radical (unpaired) electrons. The minimum absolute atomic E-state index is 0.0708. The maximum Gasteiger partial charge on any atom is 0.350 e. The van der Waals surface area contributed by atoms with Gasteiger partial charge in [0.1, 0.15) is 23.0 Å². The van der Waals surface area contributed by atoms with Crippen LogP contribution in [0, 0.1) is 13.8 Å². The summed E-state index contributed by atoms with van der Waals surface area (Å²) in [7, 11) is 1.24. The SMILES string of the molecule is CCOc1cc(C2C(=C(O)c3ccc(OCc4ccccc4)cc3C)C(=O)C(=O)N2c2nc(C)c(C(=O)OC)s2)ccc1O. The number of aromatic hydroxyl groups is 1. The average Bonchev–Trinajstić information content (AvgIpc) is 3.53. The number of phenols is 1. The minimum Gasteiger partial charge on any atom is -0.507 e. The number of nitrogens with zero attached hydrogens (tertiary/aromatic N) is 2. The van der Waals surface area contributed by atoms with Crippen LogP contribution in [0.4, 0.5) is 5.13 Å². The number of carbonyl (C=O) groups excluding carboxylic acids is 3. The highest BCUT2D eigenvalue weighted by Crippen LogP contribution is 2.45. The molecule has 1 fully saturated rings. The Kier molecular flexibility index (Phi) is 8.68. The van der Waals surface area contributed by atoms with Crippen molar-refractivity contribution < 1.29 is 38.8 Å². The molecule has 4 aromatic rings. The molecule has 0 bridgehead atoms. The van der Waals surface area contributed by atoms with Crippen LogP contribution in [0.25, 0.3) is 5.76 Å². The van der Waals surface area contributed by atoms with E-state index in [9.17, 15) is 24.6 Å². The van der Waals surface area contributed by atoms with Gasteiger partial charge < -0.3 is 24.4 Å². The van der Waals surface area contributed by atoms with Crippen molar-refractivity contribution in [3.05, 3.63) is 105 Å². The van der Waals surface area contributed by atoms with Crippen molar-refractivity contribution in [3.63, 3.8) is 0 Å². The number of rotatable bonds is 9. The van der Waals surface area contributed by atoms with Crippen LogP contribution in [-0.2, 0) is 20.9 Å². The van der Waals surface area contributed by atoms with E-state index >= 15 is 0 Å². The van der Waals surface area contributed by atoms with E-state index in [4.69, 9.17) is 14.2 Å². The molecule has 5 rings (SSSR count). The number of thiazole rings is 1. The van der Waals surface area contributed by atoms with Crippen molar-refractivity contribution in [2.45, 2.75) is 33.4 Å². The molecule has 10 nitrogen and oxygen atoms in total. The Labute approximate surface area is 257 Å². The standard InChI is InChI=1S/C33H30N2O8S/c1-5-42-25-16-21(11-14-24(25)36)27-26(29(38)31(39)35(27)33-34-19(3)30(44-33)32(40)41-4)28(37)23-13-12-22(15-18(23)2)43-17-20-9-7-6-8-10-20/h6-16,27,36-37H,5,17H2,1-4H3. The molecule has 1 amide bonds. The van der Waals surface area contributed by atoms with Gasteiger partial charge in [-0.05, 0) is 67.8 Å². The molecule has 0 aliphatic carbocycles. The van der Waals surface area contributed by atoms with Crippen molar-refractivity contribution in [3.8, 4) is 17.2 Å². The van der Waals surface area contributed by atoms with Gasteiger partial charge in [-0.25, -0.2) is 9.78 Å². The van der Waals surface area contributed by atoms with E-state index in [0.29, 0.717) is 34.7 Å². The largest absolute Gasteiger partial charge is 0.507 e. The minimum atomic E-state index is -1.15. The van der Waals surface area contributed by atoms with Gasteiger partial charge in [0.15, 0.2) is 16.6 Å². The highest BCUT2D eigenvalue weighted by Gasteiger charge is 2.48. The lowest BCUT2D eigenvalue weighted by Gasteiger charge is -2.24. The molecule has 1 saturated heterocycles. The summed E-state index contributed by atoms with van der Waals surface area (Å²) in [5.74, 6) is -2.33. The molecular formula is C33H30N2O8S. The Hall–Kier alpha value is -5.16. The summed E-state index contributed by atoms with van der Waals surface area (Å²) in [5.41, 5.74) is 2.44. The highest BCUT2D eigenvalue weighted by atomic mass is 32.1. The molecule has 44 heavy (non-hydrogen) atoms. The number of hydrogen-bond acceptors (Lipinski definition) is 10. The lowest BCUT2D eigenvalue weighted by atomic mass is 9.93. The van der Waals surface area contributed by atoms with E-state index in [1.54, 1.807) is 39.0 Å². The Morgan fingerprint density at radius 3 is 2.45 bits per heavy atom. The molecule has 0 saturated carbocycles. The number of phenolic OH excluding ortho intramolecular Hbond substituents is 1. The van der Waals surface area contributed by atoms with Crippen molar-refractivity contribution in [2.24, 2.45) is 0 Å². The Morgan fingerprint density at radius 1 is 1.02 bits per heavy atom. The van der Waals surface area contributed by atoms with Gasteiger partial charge in [0.05, 0.1) is 31.0 Å². The van der Waals surface area contributed by atoms with Crippen LogP contribution < -0.4 is 14.4 Å². The third-order valence-electron chi connectivity index (χ3n) is 7.11. The number of carbonyl (C=O) groups is 3. The first-order valence-corrected chi connectivity index (χ1v) is 14.6. The van der Waals surface area contributed by atoms with E-state index in [1.807, 2.05) is 30.3 Å². The summed E-state index contributed by atoms with van der Waals surface area (Å²) >= 11 is 0.895. The summed E-state index contributed by atoms with van der Waals surface area (Å²) < 4.78 is 16.3. The molecule has 1 aliphatic heterocycles. The predicted molar refractivity (Wildman–Crippen MR) is 164 cm³/mol. The maximum atomic E-state index is 13.7. The summed E-state index contributed by atoms with van der Waals surface area (Å²) in [6.07, 6.45) is 0. The van der Waals surface area contributed by atoms with Gasteiger partial charge in [-0.2, -0.15) is 0 Å². The Morgan fingerprint density at radius 2 is 1.77 bits per heavy atom. The van der Waals surface area contributed by atoms with E-state index in [1.165, 1.54) is 25.3 Å². The molecule has 226 valence electrons. The molecule has 2 N–H and O–H groups in total. The third kappa shape index (κ3) is 5.73. The van der Waals surface area contributed by atoms with Gasteiger partial charge in [0.25, 0.3) is 5.78 Å². The van der Waals surface area contributed by atoms with E-state index in [2.05, 4.69) is 4.98 Å². The second-order valence-electron chi connectivity index (χ2n) is 9.98. The third-order valence-corrected chi connectivity index (χ3v) is 8.24. The number of aliphatic hydroxyl groups excluding tert-OH is 1. The monoisotopic (exact) mass is 614 g/mol. The second kappa shape index (κ2) is 12.6. The van der Waals surface area contributed by atoms with Gasteiger partial charge in [-0.3, -0.25) is 14.5 Å². The Bertz CT molecular complexity index is 1780. The summed E-state index contributed by atoms with van der Waals surface area (Å²) in [6, 6.07) is 18.0. The van der Waals surface area contributed by atoms with Crippen molar-refractivity contribution in [1.82, 2.24) is 4.98 Å². The van der Waals surface area contributed by atoms with Crippen LogP contribution >= 0.6 is 11.3 Å². The normalized spacial score (nSPS) is 15.8. The number of aliphatic hydroxyl groups is 1. The number of esters is 1. The quantitative estimate of drug-likeness (QED) is 0.103. The van der Waals surface area contributed by atoms with Crippen LogP contribution in [0.1, 0.15) is 50.6 Å². The molecule has 2 heterocycles. The fraction of sp³-hybridized carbons (Fsp3) is 0.212. The summed E-state index contributed by atoms with van der Waals surface area (Å²) in [4.78, 5) is 45.3. The molecule has 1 aromatic heterocycles. The molecule has 0 spiro atoms. The number of ketones is 1. The first-order chi connectivity index (χ1) is 21.1. The molecule has 3 aromatic carbocycles. The molecule has 1 aliphatic rings. The zero-order chi connectivity index (χ0) is 31.5. The van der Waals surface area contributed by atoms with E-state index in [-0.39, 0.29) is 33.7 Å². The van der Waals surface area contributed by atoms with Crippen molar-refractivity contribution in [2.75, 3.05) is 18.6 Å². The molecule has 1 unspecified atom stereocenters. The van der Waals surface area contributed by atoms with Crippen LogP contribution in [0.3, 0.4) is 0 Å². The fourth-order valence-electron chi connectivity index (χ4n) is 4.96. The molecular weight excluding hydrogens is 584 g/mol. The van der Waals surface area contributed by atoms with Gasteiger partial charge in [0.2, 0.25) is 0 Å². The second-order valence-corrected chi connectivity index (χ2v) is 11.0. The number of aromatic nitrogens is 1. The van der Waals surface area contributed by atoms with Crippen LogP contribution in [-0.4, -0.2) is 46.6 Å². The first kappa shape index (κ1) is 30.3. The number of anilines is 1. The van der Waals surface area contributed by atoms with E-state index < -0.39 is 29.5 Å². The van der Waals surface area contributed by atoms with Gasteiger partial charge in [0, 0.05) is 5.56 Å². The van der Waals surface area contributed by atoms with Gasteiger partial charge in [-0.1, -0.05) is 47.7 Å². The van der Waals surface area contributed by atoms with Crippen LogP contribution in [0.2, 0.25) is 0 Å². The first-order valence-electron chi connectivity index (χ1n) is 13.7. The van der Waals surface area contributed by atoms with Gasteiger partial charge in [-0.15, -0.1) is 0 Å². The number of aryl methyl sites for hydroxylation is 2. The molecule has 11 heteroatoms. The number of ether oxygens (including phenoxy) is 3. The van der Waals surface area contributed by atoms with Crippen molar-refractivity contribution >= 4 is 39.9 Å². The van der Waals surface area contributed by atoms with E-state index in [0.717, 1.165) is 21.8 Å². The lowest BCUT2D eigenvalue weighted by molar-refractivity contribution is -0.132. The zero-order valence-electron chi connectivity index (χ0n) is 24.5. The Balaban J connectivity index is 1.61. The van der Waals surface area contributed by atoms with Gasteiger partial charge >= 0.3 is 11.9 Å². The highest BCUT2D eigenvalue weighted by molar-refractivity contribution is 7.17. The predicted octanol–water partition coefficient (Wildman–Crippen LogP) is 5.86. The zero-order valence-corrected chi connectivity index (χ0v) is 25.3. The van der Waals surface area contributed by atoms with Crippen LogP contribution in [0.5, 0.6) is 17.2 Å². The van der Waals surface area contributed by atoms with Crippen molar-refractivity contribution in [1.29, 1.82) is 0 Å². The fourth-order valence-corrected chi connectivity index (χ4v) is 5.97. The lowest BCUT2D eigenvalue weighted by Crippen LogP contribution is -2.29. The number of benzene rings is 3. The number of Topliss-reactive ketones (excluding diaryl/α,β-unsaturated/α-hetero) is 1. The van der Waals surface area contributed by atoms with Crippen LogP contribution in [0.15, 0.2) is 72.3 Å². The summed E-state index contributed by atoms with van der Waals surface area (Å²) in [6.45, 7) is 5.71. The number of hydrogen-bond donors (Lipinski definition) is 2. The smallest absolute Gasteiger partial charge is 0.350 e. The topological polar surface area (TPSA) is 135 Å². The molecule has 1 atom stereocenters. The number of methoxy groups -OCH3 is 1. The number of amides is 1. The maximum absolute atomic E-state index is 13.7. The summed E-state index contributed by atoms with van der Waals surface area (Å²) in [5, 5.41) is 22.1.